The SMILES string of the molecule is O=C(Nc1cccc(F)c1)C1CC1C(=O)N1CCN(c2ccccc2F)CC1. The minimum atomic E-state index is -0.422. The summed E-state index contributed by atoms with van der Waals surface area (Å²) in [7, 11) is 0. The summed E-state index contributed by atoms with van der Waals surface area (Å²) >= 11 is 0. The second-order valence-corrected chi connectivity index (χ2v) is 7.21. The second-order valence-electron chi connectivity index (χ2n) is 7.21. The highest BCUT2D eigenvalue weighted by molar-refractivity contribution is 5.99. The molecule has 2 unspecified atom stereocenters. The number of nitrogens with zero attached hydrogens (tertiary/aromatic N) is 2. The molecule has 28 heavy (non-hydrogen) atoms. The van der Waals surface area contributed by atoms with Crippen molar-refractivity contribution in [2.75, 3.05) is 36.4 Å². The van der Waals surface area contributed by atoms with E-state index in [9.17, 15) is 18.4 Å². The van der Waals surface area contributed by atoms with Crippen LogP contribution in [0, 0.1) is 23.5 Å². The molecule has 2 amide bonds. The molecule has 2 aromatic rings. The first-order chi connectivity index (χ1) is 13.5. The van der Waals surface area contributed by atoms with Crippen molar-refractivity contribution in [2.24, 2.45) is 11.8 Å². The van der Waals surface area contributed by atoms with Gasteiger partial charge in [-0.15, -0.1) is 0 Å². The maximum atomic E-state index is 13.9. The lowest BCUT2D eigenvalue weighted by Crippen LogP contribution is -2.49. The van der Waals surface area contributed by atoms with Crippen LogP contribution in [0.25, 0.3) is 0 Å². The van der Waals surface area contributed by atoms with Crippen LogP contribution in [-0.4, -0.2) is 42.9 Å². The molecule has 1 aliphatic heterocycles. The Labute approximate surface area is 161 Å². The van der Waals surface area contributed by atoms with Gasteiger partial charge in [0.15, 0.2) is 0 Å². The number of para-hydroxylation sites is 1. The van der Waals surface area contributed by atoms with Crippen LogP contribution in [0.2, 0.25) is 0 Å². The lowest BCUT2D eigenvalue weighted by Gasteiger charge is -2.36. The summed E-state index contributed by atoms with van der Waals surface area (Å²) in [5.74, 6) is -1.68. The smallest absolute Gasteiger partial charge is 0.228 e. The molecule has 5 nitrogen and oxygen atoms in total. The highest BCUT2D eigenvalue weighted by atomic mass is 19.1. The average Bonchev–Trinajstić information content (AvgIpc) is 3.49. The number of hydrogen-bond acceptors (Lipinski definition) is 3. The van der Waals surface area contributed by atoms with Gasteiger partial charge in [-0.05, 0) is 36.8 Å². The van der Waals surface area contributed by atoms with Gasteiger partial charge in [0.05, 0.1) is 17.5 Å². The molecule has 2 atom stereocenters. The van der Waals surface area contributed by atoms with Crippen molar-refractivity contribution in [3.05, 3.63) is 60.2 Å². The van der Waals surface area contributed by atoms with Crippen molar-refractivity contribution in [1.29, 1.82) is 0 Å². The zero-order valence-electron chi connectivity index (χ0n) is 15.3. The van der Waals surface area contributed by atoms with E-state index in [1.54, 1.807) is 29.2 Å². The number of halogens is 2. The fourth-order valence-electron chi connectivity index (χ4n) is 3.67. The molecule has 1 aliphatic carbocycles. The van der Waals surface area contributed by atoms with Gasteiger partial charge < -0.3 is 15.1 Å². The predicted molar refractivity (Wildman–Crippen MR) is 102 cm³/mol. The monoisotopic (exact) mass is 385 g/mol. The normalized spacial score (nSPS) is 21.4. The number of hydrogen-bond donors (Lipinski definition) is 1. The highest BCUT2D eigenvalue weighted by Crippen LogP contribution is 2.41. The molecule has 1 N–H and O–H groups in total. The van der Waals surface area contributed by atoms with Crippen molar-refractivity contribution in [2.45, 2.75) is 6.42 Å². The fourth-order valence-corrected chi connectivity index (χ4v) is 3.67. The third-order valence-electron chi connectivity index (χ3n) is 5.32. The van der Waals surface area contributed by atoms with Crippen LogP contribution in [0.5, 0.6) is 0 Å². The zero-order chi connectivity index (χ0) is 19.7. The van der Waals surface area contributed by atoms with E-state index in [0.717, 1.165) is 0 Å². The molecule has 2 aliphatic rings. The van der Waals surface area contributed by atoms with Gasteiger partial charge in [0.25, 0.3) is 0 Å². The molecule has 1 saturated carbocycles. The Hall–Kier alpha value is -2.96. The summed E-state index contributed by atoms with van der Waals surface area (Å²) in [6.07, 6.45) is 0.507. The Kier molecular flexibility index (Phi) is 4.98. The fraction of sp³-hybridized carbons (Fsp3) is 0.333. The van der Waals surface area contributed by atoms with Gasteiger partial charge in [0.2, 0.25) is 11.8 Å². The summed E-state index contributed by atoms with van der Waals surface area (Å²) in [5.41, 5.74) is 0.940. The number of nitrogens with one attached hydrogen (secondary N) is 1. The van der Waals surface area contributed by atoms with Crippen LogP contribution in [0.4, 0.5) is 20.2 Å². The first-order valence-corrected chi connectivity index (χ1v) is 9.37. The Bertz CT molecular complexity index is 897. The predicted octanol–water partition coefficient (Wildman–Crippen LogP) is 2.89. The Morgan fingerprint density at radius 2 is 1.68 bits per heavy atom. The van der Waals surface area contributed by atoms with E-state index >= 15 is 0 Å². The van der Waals surface area contributed by atoms with Gasteiger partial charge in [0, 0.05) is 31.9 Å². The maximum Gasteiger partial charge on any atom is 0.228 e. The van der Waals surface area contributed by atoms with E-state index in [4.69, 9.17) is 0 Å². The molecule has 0 spiro atoms. The number of carbonyl (C=O) groups is 2. The molecule has 1 saturated heterocycles. The van der Waals surface area contributed by atoms with Crippen molar-refractivity contribution in [3.8, 4) is 0 Å². The van der Waals surface area contributed by atoms with Crippen molar-refractivity contribution in [1.82, 2.24) is 4.90 Å². The van der Waals surface area contributed by atoms with E-state index in [2.05, 4.69) is 5.32 Å². The van der Waals surface area contributed by atoms with Gasteiger partial charge in [-0.2, -0.15) is 0 Å². The van der Waals surface area contributed by atoms with E-state index in [-0.39, 0.29) is 29.5 Å². The molecule has 2 fully saturated rings. The van der Waals surface area contributed by atoms with Gasteiger partial charge in [-0.25, -0.2) is 8.78 Å². The molecule has 1 heterocycles. The molecular weight excluding hydrogens is 364 g/mol. The van der Waals surface area contributed by atoms with Crippen LogP contribution in [-0.2, 0) is 9.59 Å². The highest BCUT2D eigenvalue weighted by Gasteiger charge is 2.49. The molecule has 146 valence electrons. The van der Waals surface area contributed by atoms with E-state index in [1.807, 2.05) is 4.90 Å². The summed E-state index contributed by atoms with van der Waals surface area (Å²) in [5, 5.41) is 2.67. The Balaban J connectivity index is 1.29. The lowest BCUT2D eigenvalue weighted by molar-refractivity contribution is -0.134. The van der Waals surface area contributed by atoms with Crippen molar-refractivity contribution < 1.29 is 18.4 Å². The topological polar surface area (TPSA) is 52.7 Å². The largest absolute Gasteiger partial charge is 0.366 e. The number of amides is 2. The number of carbonyl (C=O) groups excluding carboxylic acids is 2. The van der Waals surface area contributed by atoms with Gasteiger partial charge in [-0.3, -0.25) is 9.59 Å². The molecule has 4 rings (SSSR count). The van der Waals surface area contributed by atoms with Gasteiger partial charge in [-0.1, -0.05) is 18.2 Å². The first kappa shape index (κ1) is 18.4. The third kappa shape index (κ3) is 3.83. The third-order valence-corrected chi connectivity index (χ3v) is 5.32. The number of benzene rings is 2. The summed E-state index contributed by atoms with van der Waals surface area (Å²) in [6.45, 7) is 2.11. The standard InChI is InChI=1S/C21H21F2N3O2/c22-14-4-3-5-15(12-14)24-20(27)16-13-17(16)21(28)26-10-8-25(9-11-26)19-7-2-1-6-18(19)23/h1-7,12,16-17H,8-11,13H2,(H,24,27). The van der Waals surface area contributed by atoms with E-state index < -0.39 is 5.82 Å². The zero-order valence-corrected chi connectivity index (χ0v) is 15.3. The van der Waals surface area contributed by atoms with Crippen LogP contribution in [0.3, 0.4) is 0 Å². The molecule has 0 bridgehead atoms. The minimum Gasteiger partial charge on any atom is -0.366 e. The van der Waals surface area contributed by atoms with E-state index in [0.29, 0.717) is 44.0 Å². The number of rotatable bonds is 4. The van der Waals surface area contributed by atoms with Crippen LogP contribution < -0.4 is 10.2 Å². The van der Waals surface area contributed by atoms with Crippen molar-refractivity contribution in [3.63, 3.8) is 0 Å². The van der Waals surface area contributed by atoms with Gasteiger partial charge in [0.1, 0.15) is 11.6 Å². The molecule has 0 radical (unpaired) electrons. The number of anilines is 2. The van der Waals surface area contributed by atoms with Crippen LogP contribution >= 0.6 is 0 Å². The maximum absolute atomic E-state index is 13.9. The second kappa shape index (κ2) is 7.58. The summed E-state index contributed by atoms with van der Waals surface area (Å²) in [6, 6.07) is 12.3. The Morgan fingerprint density at radius 3 is 2.39 bits per heavy atom. The van der Waals surface area contributed by atoms with Crippen LogP contribution in [0.15, 0.2) is 48.5 Å². The molecule has 0 aromatic heterocycles. The summed E-state index contributed by atoms with van der Waals surface area (Å²) in [4.78, 5) is 28.7. The average molecular weight is 385 g/mol. The minimum absolute atomic E-state index is 0.0347. The first-order valence-electron chi connectivity index (χ1n) is 9.37. The number of piperazine rings is 1. The van der Waals surface area contributed by atoms with Crippen LogP contribution in [0.1, 0.15) is 6.42 Å². The van der Waals surface area contributed by atoms with E-state index in [1.165, 1.54) is 24.3 Å². The molecule has 2 aromatic carbocycles. The Morgan fingerprint density at radius 1 is 0.929 bits per heavy atom. The summed E-state index contributed by atoms with van der Waals surface area (Å²) < 4.78 is 27.1. The van der Waals surface area contributed by atoms with Gasteiger partial charge >= 0.3 is 0 Å². The lowest BCUT2D eigenvalue weighted by atomic mass is 10.2. The van der Waals surface area contributed by atoms with Crippen molar-refractivity contribution >= 4 is 23.2 Å². The quantitative estimate of drug-likeness (QED) is 0.881. The molecule has 7 heteroatoms. The molecular formula is C21H21F2N3O2.